The second-order valence-electron chi connectivity index (χ2n) is 7.13. The maximum atomic E-state index is 5.70. The SMILES string of the molecule is CC(C)(C)N=C(NN)C1CCC2CCCCC2C1. The molecule has 2 rings (SSSR count). The van der Waals surface area contributed by atoms with Crippen LogP contribution in [-0.2, 0) is 0 Å². The van der Waals surface area contributed by atoms with Crippen LogP contribution in [0.25, 0.3) is 0 Å². The van der Waals surface area contributed by atoms with Crippen LogP contribution < -0.4 is 11.3 Å². The molecule has 0 bridgehead atoms. The second-order valence-corrected chi connectivity index (χ2v) is 7.13. The molecule has 3 unspecified atom stereocenters. The molecule has 3 atom stereocenters. The van der Waals surface area contributed by atoms with E-state index < -0.39 is 0 Å². The van der Waals surface area contributed by atoms with E-state index in [1.807, 2.05) is 0 Å². The Morgan fingerprint density at radius 1 is 1.06 bits per heavy atom. The Morgan fingerprint density at radius 3 is 2.33 bits per heavy atom. The first kappa shape index (κ1) is 13.9. The molecule has 3 N–H and O–H groups in total. The van der Waals surface area contributed by atoms with E-state index in [9.17, 15) is 0 Å². The summed E-state index contributed by atoms with van der Waals surface area (Å²) in [5, 5.41) is 0. The Bertz CT molecular complexity index is 303. The van der Waals surface area contributed by atoms with Gasteiger partial charge >= 0.3 is 0 Å². The van der Waals surface area contributed by atoms with E-state index >= 15 is 0 Å². The number of nitrogens with zero attached hydrogens (tertiary/aromatic N) is 1. The molecular weight excluding hydrogens is 222 g/mol. The Labute approximate surface area is 112 Å². The highest BCUT2D eigenvalue weighted by molar-refractivity contribution is 5.84. The van der Waals surface area contributed by atoms with Gasteiger partial charge in [-0.1, -0.05) is 25.7 Å². The summed E-state index contributed by atoms with van der Waals surface area (Å²) in [6, 6.07) is 0. The van der Waals surface area contributed by atoms with Crippen LogP contribution in [0.2, 0.25) is 0 Å². The normalized spacial score (nSPS) is 34.0. The number of hydrazine groups is 1. The van der Waals surface area contributed by atoms with Crippen molar-refractivity contribution in [3.05, 3.63) is 0 Å². The maximum absolute atomic E-state index is 5.70. The van der Waals surface area contributed by atoms with Gasteiger partial charge in [-0.2, -0.15) is 0 Å². The van der Waals surface area contributed by atoms with Crippen LogP contribution in [0.5, 0.6) is 0 Å². The standard InChI is InChI=1S/C15H29N3/c1-15(2,3)17-14(18-16)13-9-8-11-6-4-5-7-12(11)10-13/h11-13H,4-10,16H2,1-3H3,(H,17,18). The minimum atomic E-state index is -0.0366. The summed E-state index contributed by atoms with van der Waals surface area (Å²) in [5.74, 6) is 9.21. The van der Waals surface area contributed by atoms with Crippen molar-refractivity contribution in [2.75, 3.05) is 0 Å². The number of rotatable bonds is 1. The number of fused-ring (bicyclic) bond motifs is 1. The molecular formula is C15H29N3. The van der Waals surface area contributed by atoms with Gasteiger partial charge in [-0.25, -0.2) is 5.84 Å². The van der Waals surface area contributed by atoms with Crippen molar-refractivity contribution in [3.63, 3.8) is 0 Å². The van der Waals surface area contributed by atoms with Crippen molar-refractivity contribution in [3.8, 4) is 0 Å². The Morgan fingerprint density at radius 2 is 1.72 bits per heavy atom. The van der Waals surface area contributed by atoms with E-state index in [1.165, 1.54) is 44.9 Å². The van der Waals surface area contributed by atoms with Crippen LogP contribution in [0.15, 0.2) is 4.99 Å². The van der Waals surface area contributed by atoms with Gasteiger partial charge < -0.3 is 5.43 Å². The van der Waals surface area contributed by atoms with Gasteiger partial charge in [0.15, 0.2) is 0 Å². The van der Waals surface area contributed by atoms with Crippen molar-refractivity contribution in [1.29, 1.82) is 0 Å². The molecule has 2 aliphatic carbocycles. The van der Waals surface area contributed by atoms with Crippen LogP contribution in [0.1, 0.15) is 65.7 Å². The maximum Gasteiger partial charge on any atom is 0.114 e. The van der Waals surface area contributed by atoms with Crippen molar-refractivity contribution < 1.29 is 0 Å². The van der Waals surface area contributed by atoms with Crippen molar-refractivity contribution in [1.82, 2.24) is 5.43 Å². The molecule has 18 heavy (non-hydrogen) atoms. The number of hydrogen-bond acceptors (Lipinski definition) is 2. The topological polar surface area (TPSA) is 50.4 Å². The lowest BCUT2D eigenvalue weighted by Crippen LogP contribution is -2.42. The van der Waals surface area contributed by atoms with Crippen LogP contribution in [-0.4, -0.2) is 11.4 Å². The average molecular weight is 251 g/mol. The number of nitrogens with two attached hydrogens (primary N) is 1. The number of hydrogen-bond donors (Lipinski definition) is 2. The van der Waals surface area contributed by atoms with E-state index in [0.29, 0.717) is 5.92 Å². The smallest absolute Gasteiger partial charge is 0.114 e. The zero-order valence-corrected chi connectivity index (χ0v) is 12.2. The summed E-state index contributed by atoms with van der Waals surface area (Å²) in [5.41, 5.74) is 2.84. The summed E-state index contributed by atoms with van der Waals surface area (Å²) in [6.07, 6.45) is 9.69. The lowest BCUT2D eigenvalue weighted by molar-refractivity contribution is 0.151. The highest BCUT2D eigenvalue weighted by Crippen LogP contribution is 2.42. The minimum absolute atomic E-state index is 0.0366. The van der Waals surface area contributed by atoms with Gasteiger partial charge in [0.05, 0.1) is 5.54 Å². The predicted octanol–water partition coefficient (Wildman–Crippen LogP) is 3.25. The first-order valence-corrected chi connectivity index (χ1v) is 7.56. The molecule has 0 aromatic heterocycles. The van der Waals surface area contributed by atoms with Gasteiger partial charge in [0, 0.05) is 5.92 Å². The fraction of sp³-hybridized carbons (Fsp3) is 0.933. The third kappa shape index (κ3) is 3.47. The van der Waals surface area contributed by atoms with Crippen LogP contribution >= 0.6 is 0 Å². The van der Waals surface area contributed by atoms with E-state index in [1.54, 1.807) is 0 Å². The zero-order valence-electron chi connectivity index (χ0n) is 12.2. The van der Waals surface area contributed by atoms with Gasteiger partial charge in [-0.15, -0.1) is 0 Å². The highest BCUT2D eigenvalue weighted by Gasteiger charge is 2.34. The highest BCUT2D eigenvalue weighted by atomic mass is 15.3. The molecule has 0 saturated heterocycles. The van der Waals surface area contributed by atoms with Gasteiger partial charge in [-0.05, 0) is 51.9 Å². The summed E-state index contributed by atoms with van der Waals surface area (Å²) in [6.45, 7) is 6.41. The third-order valence-electron chi connectivity index (χ3n) is 4.53. The molecule has 2 aliphatic rings. The average Bonchev–Trinajstić information content (AvgIpc) is 2.34. The van der Waals surface area contributed by atoms with Crippen LogP contribution in [0, 0.1) is 17.8 Å². The Balaban J connectivity index is 2.02. The molecule has 0 aromatic carbocycles. The number of aliphatic imine (C=N–C) groups is 1. The van der Waals surface area contributed by atoms with Gasteiger partial charge in [0.25, 0.3) is 0 Å². The van der Waals surface area contributed by atoms with Gasteiger partial charge in [0.1, 0.15) is 5.84 Å². The lowest BCUT2D eigenvalue weighted by atomic mass is 9.67. The molecule has 104 valence electrons. The fourth-order valence-electron chi connectivity index (χ4n) is 3.72. The third-order valence-corrected chi connectivity index (χ3v) is 4.53. The quantitative estimate of drug-likeness (QED) is 0.325. The molecule has 0 aromatic rings. The molecule has 0 amide bonds. The van der Waals surface area contributed by atoms with Gasteiger partial charge in [-0.3, -0.25) is 4.99 Å². The monoisotopic (exact) mass is 251 g/mol. The largest absolute Gasteiger partial charge is 0.312 e. The molecule has 3 nitrogen and oxygen atoms in total. The summed E-state index contributed by atoms with van der Waals surface area (Å²) < 4.78 is 0. The van der Waals surface area contributed by atoms with Crippen molar-refractivity contribution in [2.45, 2.75) is 71.3 Å². The summed E-state index contributed by atoms with van der Waals surface area (Å²) >= 11 is 0. The zero-order chi connectivity index (χ0) is 13.2. The minimum Gasteiger partial charge on any atom is -0.312 e. The first-order chi connectivity index (χ1) is 8.49. The predicted molar refractivity (Wildman–Crippen MR) is 77.3 cm³/mol. The molecule has 0 aliphatic heterocycles. The second kappa shape index (κ2) is 5.60. The summed E-state index contributed by atoms with van der Waals surface area (Å²) in [4.78, 5) is 4.77. The van der Waals surface area contributed by atoms with E-state index in [4.69, 9.17) is 10.8 Å². The van der Waals surface area contributed by atoms with Gasteiger partial charge in [0.2, 0.25) is 0 Å². The van der Waals surface area contributed by atoms with Crippen LogP contribution in [0.3, 0.4) is 0 Å². The first-order valence-electron chi connectivity index (χ1n) is 7.56. The lowest BCUT2D eigenvalue weighted by Gasteiger charge is -2.39. The molecule has 2 saturated carbocycles. The van der Waals surface area contributed by atoms with Crippen molar-refractivity contribution >= 4 is 5.84 Å². The summed E-state index contributed by atoms with van der Waals surface area (Å²) in [7, 11) is 0. The number of nitrogens with one attached hydrogen (secondary N) is 1. The van der Waals surface area contributed by atoms with E-state index in [0.717, 1.165) is 17.7 Å². The Kier molecular flexibility index (Phi) is 4.31. The molecule has 0 radical (unpaired) electrons. The molecule has 0 heterocycles. The molecule has 2 fully saturated rings. The Hall–Kier alpha value is -0.570. The fourth-order valence-corrected chi connectivity index (χ4v) is 3.72. The molecule has 0 spiro atoms. The van der Waals surface area contributed by atoms with Crippen molar-refractivity contribution in [2.24, 2.45) is 28.6 Å². The van der Waals surface area contributed by atoms with Crippen LogP contribution in [0.4, 0.5) is 0 Å². The van der Waals surface area contributed by atoms with E-state index in [2.05, 4.69) is 26.2 Å². The number of amidine groups is 1. The molecule has 3 heteroatoms. The van der Waals surface area contributed by atoms with E-state index in [-0.39, 0.29) is 5.54 Å².